The third kappa shape index (κ3) is 6.02. The average molecular weight is 513 g/mol. The van der Waals surface area contributed by atoms with E-state index in [-0.39, 0.29) is 11.7 Å². The van der Waals surface area contributed by atoms with E-state index in [1.807, 2.05) is 61.1 Å². The van der Waals surface area contributed by atoms with Gasteiger partial charge in [0.1, 0.15) is 17.5 Å². The van der Waals surface area contributed by atoms with Crippen LogP contribution >= 0.6 is 0 Å². The standard InChI is InChI=1S/C28H32N8O2/c1-34(2)15-16-36-26-21(17-20(27(36)37)6-11-25-30-13-14-35(25)3)18-31-28(33-26)32-22-7-9-23(10-8-22)38-24-5-4-12-29-19-24/h7-10,13-14,17-18,24,29H,4-5,12,15-16,19H2,1-3H3,(H,31,32,33). The quantitative estimate of drug-likeness (QED) is 0.364. The number of aryl methyl sites for hydroxylation is 1. The molecule has 0 aliphatic carbocycles. The van der Waals surface area contributed by atoms with Gasteiger partial charge in [0, 0.05) is 56.3 Å². The second-order valence-corrected chi connectivity index (χ2v) is 9.64. The zero-order valence-corrected chi connectivity index (χ0v) is 21.9. The van der Waals surface area contributed by atoms with E-state index < -0.39 is 0 Å². The van der Waals surface area contributed by atoms with Crippen LogP contribution in [0.25, 0.3) is 11.0 Å². The Hall–Kier alpha value is -4.20. The molecule has 5 rings (SSSR count). The van der Waals surface area contributed by atoms with Gasteiger partial charge in [-0.05, 0) is 69.7 Å². The number of hydrogen-bond acceptors (Lipinski definition) is 8. The Labute approximate surface area is 221 Å². The number of anilines is 2. The van der Waals surface area contributed by atoms with Crippen molar-refractivity contribution in [3.63, 3.8) is 0 Å². The second kappa shape index (κ2) is 11.5. The first-order valence-electron chi connectivity index (χ1n) is 12.8. The SMILES string of the molecule is CN(C)CCn1c(=O)c(C#Cc2nccn2C)cc2cnc(Nc3ccc(OC4CCCNC4)cc3)nc21. The van der Waals surface area contributed by atoms with Crippen LogP contribution in [0.3, 0.4) is 0 Å². The van der Waals surface area contributed by atoms with Gasteiger partial charge >= 0.3 is 0 Å². The lowest BCUT2D eigenvalue weighted by Crippen LogP contribution is -2.37. The molecular weight excluding hydrogens is 480 g/mol. The first-order chi connectivity index (χ1) is 18.5. The van der Waals surface area contributed by atoms with Gasteiger partial charge < -0.3 is 24.8 Å². The highest BCUT2D eigenvalue weighted by atomic mass is 16.5. The first kappa shape index (κ1) is 25.4. The van der Waals surface area contributed by atoms with Gasteiger partial charge in [-0.2, -0.15) is 4.98 Å². The number of hydrogen-bond donors (Lipinski definition) is 2. The number of nitrogens with zero attached hydrogens (tertiary/aromatic N) is 6. The lowest BCUT2D eigenvalue weighted by atomic mass is 10.1. The average Bonchev–Trinajstić information content (AvgIpc) is 3.33. The molecule has 0 saturated carbocycles. The van der Waals surface area contributed by atoms with E-state index in [1.54, 1.807) is 23.0 Å². The zero-order valence-electron chi connectivity index (χ0n) is 21.9. The van der Waals surface area contributed by atoms with Crippen molar-refractivity contribution < 1.29 is 4.74 Å². The molecule has 10 nitrogen and oxygen atoms in total. The fourth-order valence-corrected chi connectivity index (χ4v) is 4.28. The van der Waals surface area contributed by atoms with Gasteiger partial charge in [-0.15, -0.1) is 0 Å². The van der Waals surface area contributed by atoms with Gasteiger partial charge in [0.05, 0.1) is 5.56 Å². The van der Waals surface area contributed by atoms with E-state index in [1.165, 1.54) is 0 Å². The van der Waals surface area contributed by atoms with Crippen molar-refractivity contribution in [3.8, 4) is 17.6 Å². The van der Waals surface area contributed by atoms with Crippen LogP contribution < -0.4 is 20.9 Å². The molecule has 0 amide bonds. The summed E-state index contributed by atoms with van der Waals surface area (Å²) in [6.45, 7) is 3.07. The normalized spacial score (nSPS) is 15.3. The van der Waals surface area contributed by atoms with Crippen molar-refractivity contribution in [2.75, 3.05) is 39.0 Å². The van der Waals surface area contributed by atoms with Crippen LogP contribution in [0.4, 0.5) is 11.6 Å². The highest BCUT2D eigenvalue weighted by Crippen LogP contribution is 2.21. The Kier molecular flexibility index (Phi) is 7.67. The van der Waals surface area contributed by atoms with Gasteiger partial charge in [0.15, 0.2) is 5.82 Å². The maximum absolute atomic E-state index is 13.4. The number of likely N-dealkylation sites (N-methyl/N-ethyl adjacent to an activating group) is 1. The van der Waals surface area contributed by atoms with Crippen LogP contribution in [0.5, 0.6) is 5.75 Å². The summed E-state index contributed by atoms with van der Waals surface area (Å²) in [5, 5.41) is 7.35. The van der Waals surface area contributed by atoms with Crippen LogP contribution in [0.1, 0.15) is 24.2 Å². The van der Waals surface area contributed by atoms with E-state index >= 15 is 0 Å². The molecule has 4 heterocycles. The van der Waals surface area contributed by atoms with Gasteiger partial charge in [-0.25, -0.2) is 9.97 Å². The number of benzene rings is 1. The fraction of sp³-hybridized carbons (Fsp3) is 0.357. The molecule has 1 fully saturated rings. The van der Waals surface area contributed by atoms with Gasteiger partial charge in [0.2, 0.25) is 5.95 Å². The van der Waals surface area contributed by atoms with Crippen molar-refractivity contribution >= 4 is 22.7 Å². The van der Waals surface area contributed by atoms with Crippen molar-refractivity contribution in [1.82, 2.24) is 34.3 Å². The molecule has 0 radical (unpaired) electrons. The zero-order chi connectivity index (χ0) is 26.5. The Morgan fingerprint density at radius 3 is 2.76 bits per heavy atom. The monoisotopic (exact) mass is 512 g/mol. The molecule has 10 heteroatoms. The first-order valence-corrected chi connectivity index (χ1v) is 12.8. The minimum atomic E-state index is -0.190. The Morgan fingerprint density at radius 2 is 2.05 bits per heavy atom. The highest BCUT2D eigenvalue weighted by Gasteiger charge is 2.15. The Morgan fingerprint density at radius 1 is 1.21 bits per heavy atom. The summed E-state index contributed by atoms with van der Waals surface area (Å²) in [5.41, 5.74) is 1.58. The van der Waals surface area contributed by atoms with Gasteiger partial charge in [-0.3, -0.25) is 9.36 Å². The van der Waals surface area contributed by atoms with E-state index in [4.69, 9.17) is 9.72 Å². The molecule has 1 saturated heterocycles. The summed E-state index contributed by atoms with van der Waals surface area (Å²) in [7, 11) is 5.81. The summed E-state index contributed by atoms with van der Waals surface area (Å²) < 4.78 is 9.55. The Balaban J connectivity index is 1.41. The molecular formula is C28H32N8O2. The number of ether oxygens (including phenoxy) is 1. The molecule has 1 aliphatic heterocycles. The van der Waals surface area contributed by atoms with E-state index in [9.17, 15) is 4.79 Å². The molecule has 38 heavy (non-hydrogen) atoms. The summed E-state index contributed by atoms with van der Waals surface area (Å²) in [6, 6.07) is 9.51. The molecule has 4 aromatic rings. The van der Waals surface area contributed by atoms with E-state index in [0.717, 1.165) is 42.8 Å². The molecule has 0 spiro atoms. The number of pyridine rings is 1. The summed E-state index contributed by atoms with van der Waals surface area (Å²) in [6.07, 6.45) is 7.60. The third-order valence-electron chi connectivity index (χ3n) is 6.39. The van der Waals surface area contributed by atoms with Crippen LogP contribution in [-0.2, 0) is 13.6 Å². The maximum atomic E-state index is 13.4. The van der Waals surface area contributed by atoms with Crippen molar-refractivity contribution in [2.24, 2.45) is 7.05 Å². The predicted molar refractivity (Wildman–Crippen MR) is 148 cm³/mol. The number of nitrogens with one attached hydrogen (secondary N) is 2. The molecule has 1 unspecified atom stereocenters. The fourth-order valence-electron chi connectivity index (χ4n) is 4.28. The molecule has 0 bridgehead atoms. The molecule has 3 aromatic heterocycles. The summed E-state index contributed by atoms with van der Waals surface area (Å²) in [4.78, 5) is 28.9. The van der Waals surface area contributed by atoms with Crippen LogP contribution in [0.15, 0.2) is 53.7 Å². The number of imidazole rings is 1. The van der Waals surface area contributed by atoms with E-state index in [0.29, 0.717) is 36.1 Å². The Bertz CT molecular complexity index is 1520. The van der Waals surface area contributed by atoms with Gasteiger partial charge in [-0.1, -0.05) is 5.92 Å². The minimum Gasteiger partial charge on any atom is -0.489 e. The second-order valence-electron chi connectivity index (χ2n) is 9.64. The third-order valence-corrected chi connectivity index (χ3v) is 6.39. The molecule has 196 valence electrons. The predicted octanol–water partition coefficient (Wildman–Crippen LogP) is 2.36. The number of fused-ring (bicyclic) bond motifs is 1. The smallest absolute Gasteiger partial charge is 0.268 e. The molecule has 1 aliphatic rings. The van der Waals surface area contributed by atoms with Crippen LogP contribution in [-0.4, -0.2) is 68.8 Å². The number of rotatable bonds is 7. The maximum Gasteiger partial charge on any atom is 0.268 e. The van der Waals surface area contributed by atoms with Crippen LogP contribution in [0.2, 0.25) is 0 Å². The lowest BCUT2D eigenvalue weighted by molar-refractivity contribution is 0.167. The number of piperidine rings is 1. The molecule has 1 atom stereocenters. The highest BCUT2D eigenvalue weighted by molar-refractivity contribution is 5.77. The minimum absolute atomic E-state index is 0.190. The summed E-state index contributed by atoms with van der Waals surface area (Å²) >= 11 is 0. The summed E-state index contributed by atoms with van der Waals surface area (Å²) in [5.74, 6) is 7.82. The van der Waals surface area contributed by atoms with Crippen molar-refractivity contribution in [3.05, 3.63) is 70.7 Å². The van der Waals surface area contributed by atoms with Crippen molar-refractivity contribution in [1.29, 1.82) is 0 Å². The molecule has 1 aromatic carbocycles. The van der Waals surface area contributed by atoms with Crippen LogP contribution in [0, 0.1) is 11.8 Å². The van der Waals surface area contributed by atoms with Gasteiger partial charge in [0.25, 0.3) is 5.56 Å². The van der Waals surface area contributed by atoms with E-state index in [2.05, 4.69) is 32.4 Å². The lowest BCUT2D eigenvalue weighted by Gasteiger charge is -2.24. The topological polar surface area (TPSA) is 102 Å². The van der Waals surface area contributed by atoms with Crippen molar-refractivity contribution in [2.45, 2.75) is 25.5 Å². The number of aromatic nitrogens is 5. The molecule has 2 N–H and O–H groups in total. The largest absolute Gasteiger partial charge is 0.489 e.